The highest BCUT2D eigenvalue weighted by molar-refractivity contribution is 5.77. The number of rotatable bonds is 5. The van der Waals surface area contributed by atoms with Crippen LogP contribution in [0.3, 0.4) is 0 Å². The molecule has 0 aromatic heterocycles. The molecule has 136 valence electrons. The first-order valence-electron chi connectivity index (χ1n) is 9.02. The molecule has 26 heavy (non-hydrogen) atoms. The van der Waals surface area contributed by atoms with Crippen LogP contribution < -0.4 is 4.74 Å². The number of phenols is 1. The minimum absolute atomic E-state index is 0.0412. The maximum Gasteiger partial charge on any atom is 0.309 e. The van der Waals surface area contributed by atoms with Crippen molar-refractivity contribution in [2.75, 3.05) is 6.61 Å². The van der Waals surface area contributed by atoms with E-state index in [4.69, 9.17) is 9.47 Å². The summed E-state index contributed by atoms with van der Waals surface area (Å²) in [5, 5.41) is 9.89. The van der Waals surface area contributed by atoms with Crippen molar-refractivity contribution in [3.63, 3.8) is 0 Å². The molecule has 2 aromatic carbocycles. The third kappa shape index (κ3) is 3.02. The molecule has 0 saturated heterocycles. The number of fused-ring (bicyclic) bond motifs is 1. The lowest BCUT2D eigenvalue weighted by atomic mass is 10.1. The summed E-state index contributed by atoms with van der Waals surface area (Å²) in [6.07, 6.45) is 1.67. The zero-order valence-corrected chi connectivity index (χ0v) is 14.6. The van der Waals surface area contributed by atoms with Crippen LogP contribution in [0.4, 0.5) is 4.39 Å². The number of carbonyl (C=O) groups is 1. The van der Waals surface area contributed by atoms with Gasteiger partial charge >= 0.3 is 5.97 Å². The normalized spacial score (nSPS) is 23.4. The van der Waals surface area contributed by atoms with Gasteiger partial charge in [0.15, 0.2) is 0 Å². The van der Waals surface area contributed by atoms with Crippen LogP contribution in [0.5, 0.6) is 11.5 Å². The van der Waals surface area contributed by atoms with Gasteiger partial charge in [0.2, 0.25) is 0 Å². The Labute approximate surface area is 151 Å². The second kappa shape index (κ2) is 6.63. The van der Waals surface area contributed by atoms with E-state index in [9.17, 15) is 14.3 Å². The Morgan fingerprint density at radius 2 is 2.00 bits per heavy atom. The van der Waals surface area contributed by atoms with Gasteiger partial charge in [-0.15, -0.1) is 0 Å². The molecule has 0 amide bonds. The van der Waals surface area contributed by atoms with Gasteiger partial charge in [-0.1, -0.05) is 12.1 Å². The van der Waals surface area contributed by atoms with Crippen molar-refractivity contribution in [2.24, 2.45) is 5.92 Å². The average Bonchev–Trinajstić information content (AvgIpc) is 3.33. The summed E-state index contributed by atoms with van der Waals surface area (Å²) < 4.78 is 25.2. The summed E-state index contributed by atoms with van der Waals surface area (Å²) in [5.41, 5.74) is 2.19. The molecule has 4 rings (SSSR count). The van der Waals surface area contributed by atoms with Gasteiger partial charge in [-0.25, -0.2) is 4.39 Å². The molecule has 0 heterocycles. The number of hydrogen-bond donors (Lipinski definition) is 1. The molecule has 3 unspecified atom stereocenters. The Kier molecular flexibility index (Phi) is 4.31. The standard InChI is InChI=1S/C21H21FO4/c1-2-25-21(24)16-11-15(16)12-3-5-13(6-4-12)26-19-10-7-14-18(23)9-8-17(22)20(14)19/h3-6,8-9,15-16,19,23H,2,7,10-11H2,1H3. The minimum atomic E-state index is -0.392. The largest absolute Gasteiger partial charge is 0.508 e. The molecule has 0 radical (unpaired) electrons. The lowest BCUT2D eigenvalue weighted by Crippen LogP contribution is -2.07. The van der Waals surface area contributed by atoms with E-state index < -0.39 is 6.10 Å². The van der Waals surface area contributed by atoms with Gasteiger partial charge in [0.25, 0.3) is 0 Å². The zero-order chi connectivity index (χ0) is 18.3. The van der Waals surface area contributed by atoms with Gasteiger partial charge in [0, 0.05) is 11.1 Å². The maximum absolute atomic E-state index is 14.1. The predicted octanol–water partition coefficient (Wildman–Crippen LogP) is 4.26. The van der Waals surface area contributed by atoms with Gasteiger partial charge in [0.05, 0.1) is 12.5 Å². The van der Waals surface area contributed by atoms with Crippen molar-refractivity contribution in [1.82, 2.24) is 0 Å². The average molecular weight is 356 g/mol. The quantitative estimate of drug-likeness (QED) is 0.813. The van der Waals surface area contributed by atoms with Crippen LogP contribution in [0.1, 0.15) is 48.5 Å². The van der Waals surface area contributed by atoms with Gasteiger partial charge in [-0.2, -0.15) is 0 Å². The highest BCUT2D eigenvalue weighted by atomic mass is 19.1. The second-order valence-electron chi connectivity index (χ2n) is 6.87. The minimum Gasteiger partial charge on any atom is -0.508 e. The summed E-state index contributed by atoms with van der Waals surface area (Å²) in [6.45, 7) is 2.22. The Balaban J connectivity index is 1.44. The SMILES string of the molecule is CCOC(=O)C1CC1c1ccc(OC2CCc3c(O)ccc(F)c32)cc1. The molecule has 2 aliphatic rings. The van der Waals surface area contributed by atoms with Crippen LogP contribution in [-0.2, 0) is 16.0 Å². The topological polar surface area (TPSA) is 55.8 Å². The molecular weight excluding hydrogens is 335 g/mol. The molecule has 1 N–H and O–H groups in total. The summed E-state index contributed by atoms with van der Waals surface area (Å²) in [6, 6.07) is 10.3. The van der Waals surface area contributed by atoms with Gasteiger partial charge in [0.1, 0.15) is 23.4 Å². The molecule has 0 spiro atoms. The predicted molar refractivity (Wildman–Crippen MR) is 93.7 cm³/mol. The molecule has 1 fully saturated rings. The van der Waals surface area contributed by atoms with Crippen molar-refractivity contribution in [3.8, 4) is 11.5 Å². The van der Waals surface area contributed by atoms with Crippen LogP contribution in [0.2, 0.25) is 0 Å². The maximum atomic E-state index is 14.1. The summed E-state index contributed by atoms with van der Waals surface area (Å²) >= 11 is 0. The molecule has 1 saturated carbocycles. The van der Waals surface area contributed by atoms with Crippen LogP contribution in [-0.4, -0.2) is 17.7 Å². The summed E-state index contributed by atoms with van der Waals surface area (Å²) in [5.74, 6) is 0.484. The Bertz CT molecular complexity index is 831. The van der Waals surface area contributed by atoms with E-state index in [0.717, 1.165) is 12.0 Å². The Hall–Kier alpha value is -2.56. The van der Waals surface area contributed by atoms with Crippen LogP contribution in [0.25, 0.3) is 0 Å². The van der Waals surface area contributed by atoms with E-state index >= 15 is 0 Å². The van der Waals surface area contributed by atoms with Crippen LogP contribution in [0.15, 0.2) is 36.4 Å². The summed E-state index contributed by atoms with van der Waals surface area (Å²) in [7, 11) is 0. The number of carbonyl (C=O) groups excluding carboxylic acids is 1. The first-order valence-corrected chi connectivity index (χ1v) is 9.02. The molecule has 4 nitrogen and oxygen atoms in total. The number of esters is 1. The fraction of sp³-hybridized carbons (Fsp3) is 0.381. The lowest BCUT2D eigenvalue weighted by Gasteiger charge is -2.16. The van der Waals surface area contributed by atoms with Crippen molar-refractivity contribution in [2.45, 2.75) is 38.2 Å². The smallest absolute Gasteiger partial charge is 0.309 e. The Morgan fingerprint density at radius 3 is 2.73 bits per heavy atom. The van der Waals surface area contributed by atoms with Gasteiger partial charge in [-0.3, -0.25) is 4.79 Å². The third-order valence-corrected chi connectivity index (χ3v) is 5.22. The van der Waals surface area contributed by atoms with E-state index in [1.807, 2.05) is 31.2 Å². The van der Waals surface area contributed by atoms with E-state index in [1.54, 1.807) is 0 Å². The highest BCUT2D eigenvalue weighted by Gasteiger charge is 2.45. The lowest BCUT2D eigenvalue weighted by molar-refractivity contribution is -0.144. The Morgan fingerprint density at radius 1 is 1.23 bits per heavy atom. The third-order valence-electron chi connectivity index (χ3n) is 5.22. The number of phenolic OH excluding ortho intramolecular Hbond substituents is 1. The molecular formula is C21H21FO4. The van der Waals surface area contributed by atoms with Crippen molar-refractivity contribution in [3.05, 3.63) is 58.9 Å². The van der Waals surface area contributed by atoms with Crippen molar-refractivity contribution >= 4 is 5.97 Å². The monoisotopic (exact) mass is 356 g/mol. The van der Waals surface area contributed by atoms with E-state index in [2.05, 4.69) is 0 Å². The number of benzene rings is 2. The molecule has 2 aliphatic carbocycles. The molecule has 3 atom stereocenters. The second-order valence-corrected chi connectivity index (χ2v) is 6.87. The molecule has 2 aromatic rings. The number of ether oxygens (including phenoxy) is 2. The first-order chi connectivity index (χ1) is 12.6. The zero-order valence-electron chi connectivity index (χ0n) is 14.6. The fourth-order valence-corrected chi connectivity index (χ4v) is 3.80. The summed E-state index contributed by atoms with van der Waals surface area (Å²) in [4.78, 5) is 11.8. The number of hydrogen-bond acceptors (Lipinski definition) is 4. The van der Waals surface area contributed by atoms with Crippen LogP contribution >= 0.6 is 0 Å². The highest BCUT2D eigenvalue weighted by Crippen LogP contribution is 2.48. The number of halogens is 1. The van der Waals surface area contributed by atoms with Crippen molar-refractivity contribution in [1.29, 1.82) is 0 Å². The van der Waals surface area contributed by atoms with Gasteiger partial charge in [-0.05, 0) is 61.9 Å². The number of aromatic hydroxyl groups is 1. The van der Waals surface area contributed by atoms with Crippen molar-refractivity contribution < 1.29 is 23.8 Å². The van der Waals surface area contributed by atoms with E-state index in [1.165, 1.54) is 12.1 Å². The molecule has 5 heteroatoms. The fourth-order valence-electron chi connectivity index (χ4n) is 3.80. The van der Waals surface area contributed by atoms with Crippen LogP contribution in [0, 0.1) is 11.7 Å². The van der Waals surface area contributed by atoms with E-state index in [0.29, 0.717) is 36.3 Å². The van der Waals surface area contributed by atoms with E-state index in [-0.39, 0.29) is 29.4 Å². The molecule has 0 aliphatic heterocycles. The first kappa shape index (κ1) is 16.9. The van der Waals surface area contributed by atoms with Gasteiger partial charge < -0.3 is 14.6 Å². The molecule has 0 bridgehead atoms.